The minimum Gasteiger partial charge on any atom is -0.467 e. The summed E-state index contributed by atoms with van der Waals surface area (Å²) in [7, 11) is 0. The van der Waals surface area contributed by atoms with Crippen molar-refractivity contribution in [3.63, 3.8) is 0 Å². The van der Waals surface area contributed by atoms with E-state index in [9.17, 15) is 5.11 Å². The molecule has 0 spiro atoms. The van der Waals surface area contributed by atoms with Gasteiger partial charge in [0.05, 0.1) is 12.8 Å². The van der Waals surface area contributed by atoms with Crippen LogP contribution in [0.1, 0.15) is 39.1 Å². The average molecular weight is 395 g/mol. The topological polar surface area (TPSA) is 69.8 Å². The number of aliphatic hydroxyl groups is 1. The summed E-state index contributed by atoms with van der Waals surface area (Å²) in [6.07, 6.45) is 1.94. The van der Waals surface area contributed by atoms with E-state index in [2.05, 4.69) is 29.5 Å². The molecule has 0 aliphatic heterocycles. The summed E-state index contributed by atoms with van der Waals surface area (Å²) in [5.74, 6) is 1.93. The monoisotopic (exact) mass is 395 g/mol. The number of aliphatic hydroxyl groups excluding tert-OH is 1. The highest BCUT2D eigenvalue weighted by atomic mass is 127. The fraction of sp³-hybridized carbons (Fsp3) is 0.643. The Kier molecular flexibility index (Phi) is 10.5. The first-order valence-corrected chi connectivity index (χ1v) is 6.87. The van der Waals surface area contributed by atoms with Gasteiger partial charge in [-0.1, -0.05) is 13.8 Å². The maximum atomic E-state index is 9.88. The van der Waals surface area contributed by atoms with Gasteiger partial charge in [0.1, 0.15) is 11.9 Å². The first kappa shape index (κ1) is 19.2. The zero-order chi connectivity index (χ0) is 14.1. The van der Waals surface area contributed by atoms with Crippen LogP contribution in [0.25, 0.3) is 0 Å². The maximum absolute atomic E-state index is 9.88. The molecule has 0 radical (unpaired) electrons. The van der Waals surface area contributed by atoms with Crippen LogP contribution in [-0.4, -0.2) is 30.7 Å². The number of furan rings is 1. The molecule has 0 aliphatic carbocycles. The summed E-state index contributed by atoms with van der Waals surface area (Å²) in [4.78, 5) is 4.35. The second-order valence-electron chi connectivity index (χ2n) is 4.86. The Balaban J connectivity index is 0.00000361. The van der Waals surface area contributed by atoms with Crippen molar-refractivity contribution in [3.05, 3.63) is 24.2 Å². The van der Waals surface area contributed by atoms with Crippen LogP contribution in [0.15, 0.2) is 27.8 Å². The quantitative estimate of drug-likeness (QED) is 0.377. The van der Waals surface area contributed by atoms with E-state index in [0.717, 1.165) is 25.5 Å². The zero-order valence-electron chi connectivity index (χ0n) is 12.4. The number of nitrogens with one attached hydrogen (secondary N) is 2. The van der Waals surface area contributed by atoms with Gasteiger partial charge in [-0.15, -0.1) is 24.0 Å². The van der Waals surface area contributed by atoms with Crippen LogP contribution in [0.3, 0.4) is 0 Å². The second-order valence-corrected chi connectivity index (χ2v) is 4.86. The molecule has 5 nitrogen and oxygen atoms in total. The van der Waals surface area contributed by atoms with Crippen molar-refractivity contribution in [2.75, 3.05) is 19.6 Å². The number of rotatable bonds is 7. The lowest BCUT2D eigenvalue weighted by molar-refractivity contribution is 0.158. The first-order valence-electron chi connectivity index (χ1n) is 6.87. The minimum atomic E-state index is -0.699. The van der Waals surface area contributed by atoms with E-state index in [-0.39, 0.29) is 30.5 Å². The third-order valence-electron chi connectivity index (χ3n) is 2.65. The molecule has 20 heavy (non-hydrogen) atoms. The Morgan fingerprint density at radius 3 is 2.70 bits per heavy atom. The van der Waals surface area contributed by atoms with Crippen molar-refractivity contribution in [1.82, 2.24) is 10.6 Å². The van der Waals surface area contributed by atoms with Crippen molar-refractivity contribution in [2.45, 2.75) is 33.3 Å². The number of guanidine groups is 1. The van der Waals surface area contributed by atoms with Gasteiger partial charge in [0.15, 0.2) is 5.96 Å². The normalized spacial score (nSPS) is 12.9. The molecule has 0 amide bonds. The molecule has 1 heterocycles. The van der Waals surface area contributed by atoms with Gasteiger partial charge in [0.25, 0.3) is 0 Å². The van der Waals surface area contributed by atoms with Gasteiger partial charge in [-0.05, 0) is 31.4 Å². The summed E-state index contributed by atoms with van der Waals surface area (Å²) in [5, 5.41) is 16.3. The van der Waals surface area contributed by atoms with Gasteiger partial charge in [0, 0.05) is 13.1 Å². The van der Waals surface area contributed by atoms with E-state index >= 15 is 0 Å². The fourth-order valence-electron chi connectivity index (χ4n) is 1.57. The number of hydrogen-bond donors (Lipinski definition) is 3. The molecule has 0 fully saturated rings. The molecule has 0 aliphatic rings. The third-order valence-corrected chi connectivity index (χ3v) is 2.65. The van der Waals surface area contributed by atoms with Gasteiger partial charge in [-0.25, -0.2) is 0 Å². The van der Waals surface area contributed by atoms with Crippen molar-refractivity contribution in [1.29, 1.82) is 0 Å². The molecular formula is C14H26IN3O2. The lowest BCUT2D eigenvalue weighted by Crippen LogP contribution is -2.38. The Hall–Kier alpha value is -0.760. The molecule has 1 aromatic rings. The van der Waals surface area contributed by atoms with Crippen LogP contribution in [-0.2, 0) is 0 Å². The molecule has 0 bridgehead atoms. The van der Waals surface area contributed by atoms with E-state index < -0.39 is 6.10 Å². The van der Waals surface area contributed by atoms with Gasteiger partial charge < -0.3 is 20.2 Å². The molecule has 0 aromatic carbocycles. The molecule has 0 saturated heterocycles. The van der Waals surface area contributed by atoms with Crippen LogP contribution < -0.4 is 10.6 Å². The van der Waals surface area contributed by atoms with Crippen LogP contribution in [0, 0.1) is 5.92 Å². The molecule has 1 rings (SSSR count). The Morgan fingerprint density at radius 1 is 1.40 bits per heavy atom. The van der Waals surface area contributed by atoms with E-state index in [1.165, 1.54) is 0 Å². The summed E-state index contributed by atoms with van der Waals surface area (Å²) < 4.78 is 5.14. The highest BCUT2D eigenvalue weighted by Gasteiger charge is 2.09. The van der Waals surface area contributed by atoms with Crippen molar-refractivity contribution < 1.29 is 9.52 Å². The summed E-state index contributed by atoms with van der Waals surface area (Å²) in [6, 6.07) is 3.51. The number of hydrogen-bond acceptors (Lipinski definition) is 3. The molecule has 0 saturated carbocycles. The van der Waals surface area contributed by atoms with E-state index in [1.54, 1.807) is 18.4 Å². The minimum absolute atomic E-state index is 0. The van der Waals surface area contributed by atoms with Gasteiger partial charge in [-0.3, -0.25) is 4.99 Å². The lowest BCUT2D eigenvalue weighted by atomic mass is 10.1. The average Bonchev–Trinajstić information content (AvgIpc) is 2.89. The number of aliphatic imine (C=N–C) groups is 1. The van der Waals surface area contributed by atoms with Crippen molar-refractivity contribution in [2.24, 2.45) is 10.9 Å². The molecular weight excluding hydrogens is 369 g/mol. The second kappa shape index (κ2) is 11.0. The third kappa shape index (κ3) is 7.74. The summed E-state index contributed by atoms with van der Waals surface area (Å²) in [6.45, 7) is 8.34. The number of nitrogens with zero attached hydrogens (tertiary/aromatic N) is 1. The van der Waals surface area contributed by atoms with Crippen molar-refractivity contribution in [3.8, 4) is 0 Å². The predicted molar refractivity (Wildman–Crippen MR) is 92.5 cm³/mol. The van der Waals surface area contributed by atoms with Gasteiger partial charge in [-0.2, -0.15) is 0 Å². The summed E-state index contributed by atoms with van der Waals surface area (Å²) >= 11 is 0. The van der Waals surface area contributed by atoms with Crippen LogP contribution in [0.4, 0.5) is 0 Å². The molecule has 6 heteroatoms. The summed E-state index contributed by atoms with van der Waals surface area (Å²) in [5.41, 5.74) is 0. The Bertz CT molecular complexity index is 367. The smallest absolute Gasteiger partial charge is 0.191 e. The highest BCUT2D eigenvalue weighted by Crippen LogP contribution is 2.12. The molecule has 1 aromatic heterocycles. The molecule has 1 atom stereocenters. The van der Waals surface area contributed by atoms with Gasteiger partial charge in [0.2, 0.25) is 0 Å². The maximum Gasteiger partial charge on any atom is 0.191 e. The Labute approximate surface area is 138 Å². The SMILES string of the molecule is CCNC(=NCC(O)c1ccco1)NCCC(C)C.I. The predicted octanol–water partition coefficient (Wildman–Crippen LogP) is 2.53. The Morgan fingerprint density at radius 2 is 2.15 bits per heavy atom. The fourth-order valence-corrected chi connectivity index (χ4v) is 1.57. The molecule has 116 valence electrons. The number of halogens is 1. The van der Waals surface area contributed by atoms with E-state index in [4.69, 9.17) is 4.42 Å². The van der Waals surface area contributed by atoms with Crippen LogP contribution in [0.2, 0.25) is 0 Å². The van der Waals surface area contributed by atoms with E-state index in [0.29, 0.717) is 11.7 Å². The largest absolute Gasteiger partial charge is 0.467 e. The van der Waals surface area contributed by atoms with Crippen LogP contribution in [0.5, 0.6) is 0 Å². The first-order chi connectivity index (χ1) is 9.13. The molecule has 1 unspecified atom stereocenters. The lowest BCUT2D eigenvalue weighted by Gasteiger charge is -2.13. The van der Waals surface area contributed by atoms with Gasteiger partial charge >= 0.3 is 0 Å². The standard InChI is InChI=1S/C14H25N3O2.HI/c1-4-15-14(16-8-7-11(2)3)17-10-12(18)13-6-5-9-19-13;/h5-6,9,11-12,18H,4,7-8,10H2,1-3H3,(H2,15,16,17);1H. The van der Waals surface area contributed by atoms with E-state index in [1.807, 2.05) is 6.92 Å². The molecule has 3 N–H and O–H groups in total. The zero-order valence-corrected chi connectivity index (χ0v) is 14.8. The van der Waals surface area contributed by atoms with Crippen LogP contribution >= 0.6 is 24.0 Å². The highest BCUT2D eigenvalue weighted by molar-refractivity contribution is 14.0. The van der Waals surface area contributed by atoms with Crippen molar-refractivity contribution >= 4 is 29.9 Å².